The summed E-state index contributed by atoms with van der Waals surface area (Å²) in [5.41, 5.74) is 0. The molecule has 19 nitrogen and oxygen atoms in total. The summed E-state index contributed by atoms with van der Waals surface area (Å²) in [6, 6.07) is -0.886. The Hall–Kier alpha value is -1.47. The van der Waals surface area contributed by atoms with Crippen LogP contribution in [0.1, 0.15) is 425 Å². The molecule has 0 radical (unpaired) electrons. The number of nitrogens with one attached hydrogen (secondary N) is 1. The van der Waals surface area contributed by atoms with Gasteiger partial charge in [0.25, 0.3) is 0 Å². The average Bonchev–Trinajstić information content (AvgIpc) is 0.782. The van der Waals surface area contributed by atoms with Crippen molar-refractivity contribution in [2.24, 2.45) is 0 Å². The van der Waals surface area contributed by atoms with Crippen LogP contribution in [0.25, 0.3) is 0 Å². The number of amides is 1. The molecule has 3 heterocycles. The highest BCUT2D eigenvalue weighted by Gasteiger charge is 2.54. The van der Waals surface area contributed by atoms with Crippen molar-refractivity contribution >= 4 is 5.91 Å². The van der Waals surface area contributed by atoms with Gasteiger partial charge in [0.1, 0.15) is 73.2 Å². The van der Waals surface area contributed by atoms with Gasteiger partial charge in [-0.2, -0.15) is 0 Å². The van der Waals surface area contributed by atoms with E-state index in [1.54, 1.807) is 0 Å². The summed E-state index contributed by atoms with van der Waals surface area (Å²) in [7, 11) is 0. The molecule has 646 valence electrons. The Labute approximate surface area is 665 Å². The molecule has 17 atom stereocenters. The monoisotopic (exact) mass is 1560 g/mol. The lowest BCUT2D eigenvalue weighted by Crippen LogP contribution is -2.66. The predicted molar refractivity (Wildman–Crippen MR) is 439 cm³/mol. The Balaban J connectivity index is 1.31. The molecule has 0 aromatic carbocycles. The topological polar surface area (TPSA) is 307 Å². The number of ether oxygens (including phenoxy) is 6. The van der Waals surface area contributed by atoms with Crippen LogP contribution >= 0.6 is 0 Å². The maximum Gasteiger partial charge on any atom is 0.220 e. The Bertz CT molecular complexity index is 2010. The molecule has 0 bridgehead atoms. The lowest BCUT2D eigenvalue weighted by atomic mass is 9.96. The largest absolute Gasteiger partial charge is 0.394 e. The third kappa shape index (κ3) is 49.4. The van der Waals surface area contributed by atoms with Crippen LogP contribution in [0.4, 0.5) is 0 Å². The van der Waals surface area contributed by atoms with Gasteiger partial charge < -0.3 is 89.9 Å². The van der Waals surface area contributed by atoms with Crippen molar-refractivity contribution in [1.29, 1.82) is 0 Å². The Morgan fingerprint density at radius 1 is 0.321 bits per heavy atom. The number of hydrogen-bond donors (Lipinski definition) is 12. The first-order chi connectivity index (χ1) is 53.3. The van der Waals surface area contributed by atoms with Crippen LogP contribution in [-0.2, 0) is 33.2 Å². The molecule has 3 fully saturated rings. The third-order valence-corrected chi connectivity index (χ3v) is 23.6. The van der Waals surface area contributed by atoms with Crippen LogP contribution in [0.5, 0.6) is 0 Å². The van der Waals surface area contributed by atoms with E-state index in [0.717, 1.165) is 44.9 Å². The molecular formula is C90H173NO18. The molecule has 0 spiro atoms. The van der Waals surface area contributed by atoms with Crippen molar-refractivity contribution in [2.45, 2.75) is 529 Å². The molecule has 0 aromatic heterocycles. The molecular weight excluding hydrogens is 1380 g/mol. The van der Waals surface area contributed by atoms with E-state index < -0.39 is 124 Å². The molecule has 109 heavy (non-hydrogen) atoms. The smallest absolute Gasteiger partial charge is 0.220 e. The Kier molecular flexibility index (Phi) is 66.0. The first-order valence-corrected chi connectivity index (χ1v) is 46.4. The lowest BCUT2D eigenvalue weighted by molar-refractivity contribution is -0.379. The van der Waals surface area contributed by atoms with E-state index in [0.29, 0.717) is 12.8 Å². The summed E-state index contributed by atoms with van der Waals surface area (Å²) in [6.07, 6.45) is 60.5. The van der Waals surface area contributed by atoms with Crippen LogP contribution in [-0.4, -0.2) is 193 Å². The van der Waals surface area contributed by atoms with Gasteiger partial charge in [-0.05, 0) is 38.5 Å². The SMILES string of the molecule is CCCCCCCCCC/C=C\CCCCCCCCCCCCCCCCCCCCCCCC(=O)NC(COC1OC(CO)C(OC2OC(CO)C(OC3OC(CO)C(O)C(O)C3O)C(O)C2O)C(O)C1O)C(O)CCCCCCCCCCCCCCCCCCCCCCCCCCCCCCCCC. The first-order valence-electron chi connectivity index (χ1n) is 46.4. The molecule has 3 aliphatic rings. The van der Waals surface area contributed by atoms with Gasteiger partial charge >= 0.3 is 0 Å². The van der Waals surface area contributed by atoms with Crippen molar-refractivity contribution in [3.05, 3.63) is 12.2 Å². The number of aliphatic hydroxyl groups is 11. The highest BCUT2D eigenvalue weighted by molar-refractivity contribution is 5.76. The number of aliphatic hydroxyl groups excluding tert-OH is 11. The Morgan fingerprint density at radius 2 is 0.578 bits per heavy atom. The molecule has 17 unspecified atom stereocenters. The van der Waals surface area contributed by atoms with Crippen molar-refractivity contribution in [3.8, 4) is 0 Å². The van der Waals surface area contributed by atoms with E-state index in [9.17, 15) is 61.0 Å². The fourth-order valence-corrected chi connectivity index (χ4v) is 16.2. The normalized spacial score (nSPS) is 25.2. The predicted octanol–water partition coefficient (Wildman–Crippen LogP) is 17.9. The maximum atomic E-state index is 13.6. The highest BCUT2D eigenvalue weighted by atomic mass is 16.8. The van der Waals surface area contributed by atoms with Gasteiger partial charge in [-0.15, -0.1) is 0 Å². The number of allylic oxidation sites excluding steroid dienone is 2. The zero-order valence-corrected chi connectivity index (χ0v) is 69.8. The molecule has 0 aliphatic carbocycles. The minimum Gasteiger partial charge on any atom is -0.394 e. The number of unbranched alkanes of at least 4 members (excludes halogenated alkanes) is 59. The van der Waals surface area contributed by atoms with Crippen LogP contribution in [0.3, 0.4) is 0 Å². The molecule has 12 N–H and O–H groups in total. The van der Waals surface area contributed by atoms with E-state index in [4.69, 9.17) is 28.4 Å². The van der Waals surface area contributed by atoms with Gasteiger partial charge in [-0.1, -0.05) is 392 Å². The summed E-state index contributed by atoms with van der Waals surface area (Å²) in [5.74, 6) is -0.232. The van der Waals surface area contributed by atoms with Gasteiger partial charge in [0.05, 0.1) is 38.6 Å². The molecule has 0 aromatic rings. The number of carbonyl (C=O) groups excluding carboxylic acids is 1. The summed E-state index contributed by atoms with van der Waals surface area (Å²) in [6.45, 7) is 1.89. The molecule has 3 saturated heterocycles. The van der Waals surface area contributed by atoms with Crippen molar-refractivity contribution < 1.29 is 89.4 Å². The van der Waals surface area contributed by atoms with E-state index >= 15 is 0 Å². The van der Waals surface area contributed by atoms with Gasteiger partial charge in [0, 0.05) is 6.42 Å². The fourth-order valence-electron chi connectivity index (χ4n) is 16.2. The molecule has 3 aliphatic heterocycles. The van der Waals surface area contributed by atoms with Gasteiger partial charge in [-0.3, -0.25) is 4.79 Å². The number of rotatable bonds is 77. The van der Waals surface area contributed by atoms with Gasteiger partial charge in [-0.25, -0.2) is 0 Å². The van der Waals surface area contributed by atoms with Crippen molar-refractivity contribution in [2.75, 3.05) is 26.4 Å². The zero-order valence-electron chi connectivity index (χ0n) is 69.8. The van der Waals surface area contributed by atoms with Crippen LogP contribution < -0.4 is 5.32 Å². The maximum absolute atomic E-state index is 13.6. The fraction of sp³-hybridized carbons (Fsp3) is 0.967. The highest BCUT2D eigenvalue weighted by Crippen LogP contribution is 2.34. The first kappa shape index (κ1) is 102. The molecule has 0 saturated carbocycles. The van der Waals surface area contributed by atoms with Crippen molar-refractivity contribution in [3.63, 3.8) is 0 Å². The Morgan fingerprint density at radius 3 is 0.890 bits per heavy atom. The summed E-state index contributed by atoms with van der Waals surface area (Å²) < 4.78 is 34.6. The van der Waals surface area contributed by atoms with Gasteiger partial charge in [0.2, 0.25) is 5.91 Å². The van der Waals surface area contributed by atoms with Crippen LogP contribution in [0.15, 0.2) is 12.2 Å². The van der Waals surface area contributed by atoms with Crippen LogP contribution in [0, 0.1) is 0 Å². The number of hydrogen-bond acceptors (Lipinski definition) is 18. The lowest BCUT2D eigenvalue weighted by Gasteiger charge is -2.48. The minimum atomic E-state index is -1.97. The standard InChI is InChI=1S/C90H173NO18/c1-3-5-7-9-11-13-15-17-19-21-23-25-27-29-31-33-35-36-38-40-42-44-46-48-50-52-54-56-58-60-62-64-66-68-78(96)91-73(74(95)67-65-63-61-59-57-55-53-51-49-47-45-43-41-39-37-34-32-30-28-26-24-22-20-18-16-14-12-10-8-6-4-2)72-104-88-84(102)81(99)86(76(70-93)106-88)109-90-85(103)82(100)87(77(71-94)107-90)108-89-83(101)80(98)79(97)75(69-92)105-89/h21,23,73-77,79-90,92-95,97-103H,3-20,22,24-72H2,1-2H3,(H,91,96)/b23-21-. The average molecular weight is 1560 g/mol. The second kappa shape index (κ2) is 70.7. The second-order valence-electron chi connectivity index (χ2n) is 33.5. The summed E-state index contributed by atoms with van der Waals surface area (Å²) in [5, 5.41) is 121. The van der Waals surface area contributed by atoms with E-state index in [-0.39, 0.29) is 18.9 Å². The molecule has 19 heteroatoms. The summed E-state index contributed by atoms with van der Waals surface area (Å²) in [4.78, 5) is 13.6. The van der Waals surface area contributed by atoms with E-state index in [1.165, 1.54) is 347 Å². The number of carbonyl (C=O) groups is 1. The molecule has 3 rings (SSSR count). The molecule has 1 amide bonds. The van der Waals surface area contributed by atoms with Crippen molar-refractivity contribution in [1.82, 2.24) is 5.32 Å². The summed E-state index contributed by atoms with van der Waals surface area (Å²) >= 11 is 0. The minimum absolute atomic E-state index is 0.232. The van der Waals surface area contributed by atoms with E-state index in [2.05, 4.69) is 31.3 Å². The third-order valence-electron chi connectivity index (χ3n) is 23.6. The quantitative estimate of drug-likeness (QED) is 0.0199. The second-order valence-corrected chi connectivity index (χ2v) is 33.5. The van der Waals surface area contributed by atoms with Crippen LogP contribution in [0.2, 0.25) is 0 Å². The zero-order chi connectivity index (χ0) is 78.8. The van der Waals surface area contributed by atoms with E-state index in [1.807, 2.05) is 0 Å². The van der Waals surface area contributed by atoms with Gasteiger partial charge in [0.15, 0.2) is 18.9 Å².